The molecule has 1 N–H and O–H groups in total. The van der Waals surface area contributed by atoms with Gasteiger partial charge >= 0.3 is 19.8 Å². The number of carbonyl (C=O) groups is 1. The van der Waals surface area contributed by atoms with Gasteiger partial charge in [-0.15, -0.1) is 0 Å². The highest BCUT2D eigenvalue weighted by Crippen LogP contribution is 2.38. The molecular formula is C24H28BF2NO5. The molecule has 1 heterocycles. The summed E-state index contributed by atoms with van der Waals surface area (Å²) in [5, 5.41) is 2.73. The highest BCUT2D eigenvalue weighted by Gasteiger charge is 2.52. The van der Waals surface area contributed by atoms with Crippen LogP contribution in [-0.4, -0.2) is 37.6 Å². The van der Waals surface area contributed by atoms with Gasteiger partial charge in [0.15, 0.2) is 0 Å². The number of nitrogens with one attached hydrogen (secondary N) is 1. The summed E-state index contributed by atoms with van der Waals surface area (Å²) in [5.41, 5.74) is 1.09. The Labute approximate surface area is 193 Å². The van der Waals surface area contributed by atoms with Crippen LogP contribution in [0.2, 0.25) is 0 Å². The fourth-order valence-electron chi connectivity index (χ4n) is 3.10. The normalized spacial score (nSPS) is 17.2. The zero-order chi connectivity index (χ0) is 24.1. The second-order valence-corrected chi connectivity index (χ2v) is 8.67. The quantitative estimate of drug-likeness (QED) is 0.548. The van der Waals surface area contributed by atoms with Gasteiger partial charge in [-0.1, -0.05) is 48.5 Å². The molecule has 0 aliphatic carbocycles. The van der Waals surface area contributed by atoms with Crippen molar-refractivity contribution in [2.24, 2.45) is 0 Å². The third kappa shape index (κ3) is 6.79. The van der Waals surface area contributed by atoms with E-state index in [0.29, 0.717) is 11.0 Å². The number of carbonyl (C=O) groups excluding carboxylic acids is 1. The van der Waals surface area contributed by atoms with Gasteiger partial charge in [-0.05, 0) is 56.4 Å². The van der Waals surface area contributed by atoms with Crippen LogP contribution in [0, 0.1) is 0 Å². The molecule has 0 unspecified atom stereocenters. The molecule has 1 amide bonds. The molecule has 0 aromatic heterocycles. The zero-order valence-electron chi connectivity index (χ0n) is 19.1. The smallest absolute Gasteiger partial charge is 0.445 e. The summed E-state index contributed by atoms with van der Waals surface area (Å²) in [4.78, 5) is 12.3. The topological polar surface area (TPSA) is 66.0 Å². The van der Waals surface area contributed by atoms with E-state index in [-0.39, 0.29) is 18.9 Å². The average Bonchev–Trinajstić information content (AvgIpc) is 2.98. The Bertz CT molecular complexity index is 949. The molecule has 0 atom stereocenters. The van der Waals surface area contributed by atoms with E-state index < -0.39 is 31.0 Å². The van der Waals surface area contributed by atoms with Gasteiger partial charge in [0.25, 0.3) is 0 Å². The van der Waals surface area contributed by atoms with Gasteiger partial charge in [-0.2, -0.15) is 8.78 Å². The lowest BCUT2D eigenvalue weighted by molar-refractivity contribution is -0.0498. The molecule has 0 spiro atoms. The number of benzene rings is 2. The summed E-state index contributed by atoms with van der Waals surface area (Å²) < 4.78 is 46.8. The Morgan fingerprint density at radius 1 is 1.03 bits per heavy atom. The van der Waals surface area contributed by atoms with Crippen molar-refractivity contribution in [3.63, 3.8) is 0 Å². The minimum absolute atomic E-state index is 0.0574. The second-order valence-electron chi connectivity index (χ2n) is 8.67. The fourth-order valence-corrected chi connectivity index (χ4v) is 3.10. The Morgan fingerprint density at radius 2 is 1.64 bits per heavy atom. The molecule has 1 aliphatic heterocycles. The van der Waals surface area contributed by atoms with Crippen molar-refractivity contribution >= 4 is 19.3 Å². The minimum Gasteiger partial charge on any atom is -0.445 e. The van der Waals surface area contributed by atoms with Crippen LogP contribution in [0.5, 0.6) is 5.75 Å². The Balaban J connectivity index is 1.71. The van der Waals surface area contributed by atoms with Crippen molar-refractivity contribution in [3.05, 3.63) is 71.2 Å². The third-order valence-corrected chi connectivity index (χ3v) is 5.66. The molecule has 0 bridgehead atoms. The maximum Gasteiger partial charge on any atom is 0.492 e. The van der Waals surface area contributed by atoms with Crippen LogP contribution in [0.1, 0.15) is 38.8 Å². The summed E-state index contributed by atoms with van der Waals surface area (Å²) in [7, 11) is -0.707. The van der Waals surface area contributed by atoms with Crippen molar-refractivity contribution in [3.8, 4) is 5.75 Å². The molecule has 1 aliphatic rings. The number of amides is 1. The van der Waals surface area contributed by atoms with Crippen molar-refractivity contribution < 1.29 is 32.4 Å². The van der Waals surface area contributed by atoms with Crippen molar-refractivity contribution in [2.45, 2.75) is 52.1 Å². The van der Waals surface area contributed by atoms with E-state index in [4.69, 9.17) is 14.0 Å². The lowest BCUT2D eigenvalue weighted by atomic mass is 9.77. The highest BCUT2D eigenvalue weighted by atomic mass is 19.3. The first-order valence-corrected chi connectivity index (χ1v) is 10.6. The van der Waals surface area contributed by atoms with E-state index >= 15 is 0 Å². The summed E-state index contributed by atoms with van der Waals surface area (Å²) in [6.45, 7) is 5.10. The van der Waals surface area contributed by atoms with Crippen LogP contribution in [0.4, 0.5) is 13.6 Å². The largest absolute Gasteiger partial charge is 0.492 e. The van der Waals surface area contributed by atoms with Gasteiger partial charge < -0.3 is 24.1 Å². The molecule has 9 heteroatoms. The summed E-state index contributed by atoms with van der Waals surface area (Å²) in [6, 6.07) is 15.5. The lowest BCUT2D eigenvalue weighted by Gasteiger charge is -2.32. The number of halogens is 2. The standard InChI is InChI=1S/C24H28BF2NO5/c1-23(2)24(3,4)33-25(32-23)19(14-17-10-12-20(13-11-17)31-21(26)27)15-28-22(29)30-16-18-8-6-5-7-9-18/h5-14,21H,15-16H2,1-4H3,(H,28,29). The monoisotopic (exact) mass is 459 g/mol. The number of hydrogen-bond donors (Lipinski definition) is 1. The molecule has 2 aromatic carbocycles. The first-order valence-electron chi connectivity index (χ1n) is 10.6. The maximum absolute atomic E-state index is 12.4. The van der Waals surface area contributed by atoms with Crippen molar-refractivity contribution in [1.29, 1.82) is 0 Å². The Kier molecular flexibility index (Phi) is 7.76. The molecule has 33 heavy (non-hydrogen) atoms. The molecule has 0 radical (unpaired) electrons. The minimum atomic E-state index is -2.89. The zero-order valence-corrected chi connectivity index (χ0v) is 19.1. The third-order valence-electron chi connectivity index (χ3n) is 5.66. The molecule has 2 aromatic rings. The van der Waals surface area contributed by atoms with Gasteiger partial charge in [-0.25, -0.2) is 4.79 Å². The van der Waals surface area contributed by atoms with E-state index in [1.165, 1.54) is 12.1 Å². The van der Waals surface area contributed by atoms with E-state index in [1.54, 1.807) is 18.2 Å². The lowest BCUT2D eigenvalue weighted by Crippen LogP contribution is -2.41. The van der Waals surface area contributed by atoms with E-state index in [0.717, 1.165) is 5.56 Å². The number of alkyl halides is 2. The summed E-state index contributed by atoms with van der Waals surface area (Å²) >= 11 is 0. The number of hydrogen-bond acceptors (Lipinski definition) is 5. The number of ether oxygens (including phenoxy) is 2. The van der Waals surface area contributed by atoms with Crippen LogP contribution in [0.3, 0.4) is 0 Å². The van der Waals surface area contributed by atoms with Gasteiger partial charge in [-0.3, -0.25) is 0 Å². The second kappa shape index (κ2) is 10.4. The van der Waals surface area contributed by atoms with E-state index in [2.05, 4.69) is 10.1 Å². The maximum atomic E-state index is 12.4. The SMILES string of the molecule is CC1(C)OB(C(=Cc2ccc(OC(F)F)cc2)CNC(=O)OCc2ccccc2)OC1(C)C. The number of alkyl carbamates (subject to hydrolysis) is 1. The van der Waals surface area contributed by atoms with Crippen LogP contribution < -0.4 is 10.1 Å². The van der Waals surface area contributed by atoms with Crippen LogP contribution in [0.25, 0.3) is 6.08 Å². The predicted molar refractivity (Wildman–Crippen MR) is 122 cm³/mol. The van der Waals surface area contributed by atoms with Crippen LogP contribution in [0.15, 0.2) is 60.1 Å². The average molecular weight is 459 g/mol. The first kappa shape index (κ1) is 24.7. The van der Waals surface area contributed by atoms with Gasteiger partial charge in [0.1, 0.15) is 12.4 Å². The van der Waals surface area contributed by atoms with Gasteiger partial charge in [0.05, 0.1) is 11.2 Å². The molecule has 1 saturated heterocycles. The van der Waals surface area contributed by atoms with Crippen LogP contribution >= 0.6 is 0 Å². The van der Waals surface area contributed by atoms with Crippen molar-refractivity contribution in [2.75, 3.05) is 6.54 Å². The summed E-state index contributed by atoms with van der Waals surface area (Å²) in [6.07, 6.45) is 1.20. The molecule has 3 rings (SSSR count). The fraction of sp³-hybridized carbons (Fsp3) is 0.375. The molecular weight excluding hydrogens is 431 g/mol. The molecule has 1 fully saturated rings. The molecule has 176 valence electrons. The Hall–Kier alpha value is -2.91. The van der Waals surface area contributed by atoms with E-state index in [1.807, 2.05) is 58.0 Å². The Morgan fingerprint density at radius 3 is 2.21 bits per heavy atom. The van der Waals surface area contributed by atoms with E-state index in [9.17, 15) is 13.6 Å². The molecule has 6 nitrogen and oxygen atoms in total. The summed E-state index contributed by atoms with van der Waals surface area (Å²) in [5.74, 6) is 0.0574. The first-order chi connectivity index (χ1) is 15.6. The predicted octanol–water partition coefficient (Wildman–Crippen LogP) is 5.23. The van der Waals surface area contributed by atoms with Crippen LogP contribution in [-0.2, 0) is 20.7 Å². The number of rotatable bonds is 8. The van der Waals surface area contributed by atoms with Crippen molar-refractivity contribution in [1.82, 2.24) is 5.32 Å². The van der Waals surface area contributed by atoms with Gasteiger partial charge in [0, 0.05) is 6.54 Å². The van der Waals surface area contributed by atoms with Gasteiger partial charge in [0.2, 0.25) is 0 Å². The highest BCUT2D eigenvalue weighted by molar-refractivity contribution is 6.56. The molecule has 0 saturated carbocycles.